The maximum Gasteiger partial charge on any atom is 0.238 e. The van der Waals surface area contributed by atoms with E-state index in [1.807, 2.05) is 49.9 Å². The Hall–Kier alpha value is -2.91. The van der Waals surface area contributed by atoms with Crippen molar-refractivity contribution in [2.45, 2.75) is 41.5 Å². The zero-order valence-corrected chi connectivity index (χ0v) is 22.5. The lowest BCUT2D eigenvalue weighted by Crippen LogP contribution is -2.44. The molecule has 8 heteroatoms. The molecule has 2 atom stereocenters. The van der Waals surface area contributed by atoms with E-state index in [-0.39, 0.29) is 23.9 Å². The van der Waals surface area contributed by atoms with Crippen molar-refractivity contribution in [2.75, 3.05) is 23.8 Å². The van der Waals surface area contributed by atoms with Crippen LogP contribution in [0, 0.1) is 0 Å². The Labute approximate surface area is 222 Å². The zero-order chi connectivity index (χ0) is 25.7. The summed E-state index contributed by atoms with van der Waals surface area (Å²) in [5.41, 5.74) is 18.0. The summed E-state index contributed by atoms with van der Waals surface area (Å²) in [5.74, 6) is -0.208. The van der Waals surface area contributed by atoms with Crippen LogP contribution in [0.3, 0.4) is 0 Å². The van der Waals surface area contributed by atoms with Crippen LogP contribution in [0.4, 0.5) is 11.4 Å². The third-order valence-electron chi connectivity index (χ3n) is 6.08. The maximum absolute atomic E-state index is 11.7. The fourth-order valence-corrected chi connectivity index (χ4v) is 6.42. The van der Waals surface area contributed by atoms with Gasteiger partial charge in [0.05, 0.1) is 23.6 Å². The predicted octanol–water partition coefficient (Wildman–Crippen LogP) is 5.07. The molecule has 0 radical (unpaired) electrons. The molecule has 1 aliphatic heterocycles. The van der Waals surface area contributed by atoms with Gasteiger partial charge in [-0.2, -0.15) is 0 Å². The molecule has 0 bridgehead atoms. The average Bonchev–Trinajstić information content (AvgIpc) is 3.22. The van der Waals surface area contributed by atoms with Gasteiger partial charge in [0.25, 0.3) is 0 Å². The molecule has 0 saturated carbocycles. The van der Waals surface area contributed by atoms with Crippen molar-refractivity contribution in [3.63, 3.8) is 0 Å². The first-order chi connectivity index (χ1) is 17.4. The van der Waals surface area contributed by atoms with Gasteiger partial charge in [-0.3, -0.25) is 9.52 Å². The minimum Gasteiger partial charge on any atom is -0.398 e. The van der Waals surface area contributed by atoms with Crippen LogP contribution in [0.2, 0.25) is 0 Å². The van der Waals surface area contributed by atoms with Gasteiger partial charge in [-0.05, 0) is 79.7 Å². The number of nitrogens with one attached hydrogen (secondary N) is 2. The third-order valence-corrected chi connectivity index (χ3v) is 8.48. The van der Waals surface area contributed by atoms with E-state index in [0.29, 0.717) is 0 Å². The van der Waals surface area contributed by atoms with Crippen molar-refractivity contribution < 1.29 is 4.79 Å². The van der Waals surface area contributed by atoms with Crippen molar-refractivity contribution in [2.24, 2.45) is 11.5 Å². The topological polar surface area (TPSA) is 96.4 Å². The maximum atomic E-state index is 11.7. The van der Waals surface area contributed by atoms with Crippen LogP contribution in [0.5, 0.6) is 0 Å². The zero-order valence-electron chi connectivity index (χ0n) is 20.8. The number of carbonyl (C=O) groups excluding carboxylic acids is 1. The standard InChI is InChI=1S/C28H33N5OS2/c1-18(2)27(30)20-9-6-8-19(14-20)15-23(28-33(3)24-12-4-5-13-25(24)35-28)32-36-22-11-7-10-21(16-22)31-26(34)17-29/h4-14,16,23,28,32H,15,17,29-30H2,1-3H3,(H,31,34). The molecule has 6 N–H and O–H groups in total. The molecular weight excluding hydrogens is 486 g/mol. The SMILES string of the molecule is CC(C)=C(N)c1cccc(CC(NSc2cccc(NC(=O)CN)c2)C2Sc3ccccc3N2C)c1. The minimum atomic E-state index is -0.208. The lowest BCUT2D eigenvalue weighted by atomic mass is 10.0. The first kappa shape index (κ1) is 26.2. The summed E-state index contributed by atoms with van der Waals surface area (Å²) in [7, 11) is 2.16. The van der Waals surface area contributed by atoms with Gasteiger partial charge in [-0.15, -0.1) is 0 Å². The summed E-state index contributed by atoms with van der Waals surface area (Å²) in [6.45, 7) is 4.03. The van der Waals surface area contributed by atoms with Crippen molar-refractivity contribution >= 4 is 46.7 Å². The Morgan fingerprint density at radius 3 is 2.61 bits per heavy atom. The van der Waals surface area contributed by atoms with Crippen LogP contribution >= 0.6 is 23.7 Å². The quantitative estimate of drug-likeness (QED) is 0.293. The highest BCUT2D eigenvalue weighted by atomic mass is 32.2. The Bertz CT molecular complexity index is 1260. The second-order valence-corrected chi connectivity index (χ2v) is 11.1. The van der Waals surface area contributed by atoms with E-state index in [0.717, 1.165) is 33.8 Å². The Balaban J connectivity index is 1.57. The number of amides is 1. The first-order valence-corrected chi connectivity index (χ1v) is 13.6. The van der Waals surface area contributed by atoms with Gasteiger partial charge in [-0.25, -0.2) is 0 Å². The number of benzene rings is 3. The van der Waals surface area contributed by atoms with Gasteiger partial charge >= 0.3 is 0 Å². The molecule has 6 nitrogen and oxygen atoms in total. The summed E-state index contributed by atoms with van der Waals surface area (Å²) >= 11 is 3.45. The molecule has 3 aromatic rings. The van der Waals surface area contributed by atoms with E-state index in [2.05, 4.69) is 70.5 Å². The molecule has 188 valence electrons. The molecular formula is C28H33N5OS2. The summed E-state index contributed by atoms with van der Waals surface area (Å²) in [5, 5.41) is 3.03. The number of anilines is 2. The van der Waals surface area contributed by atoms with E-state index in [1.165, 1.54) is 16.1 Å². The smallest absolute Gasteiger partial charge is 0.238 e. The molecule has 36 heavy (non-hydrogen) atoms. The molecule has 1 aliphatic rings. The molecule has 0 saturated heterocycles. The lowest BCUT2D eigenvalue weighted by molar-refractivity contribution is -0.114. The number of hydrogen-bond donors (Lipinski definition) is 4. The van der Waals surface area contributed by atoms with Crippen LogP contribution in [-0.4, -0.2) is 30.9 Å². The van der Waals surface area contributed by atoms with Crippen molar-refractivity contribution in [3.8, 4) is 0 Å². The summed E-state index contributed by atoms with van der Waals surface area (Å²) in [6.07, 6.45) is 0.830. The minimum absolute atomic E-state index is 0.0419. The predicted molar refractivity (Wildman–Crippen MR) is 154 cm³/mol. The van der Waals surface area contributed by atoms with Crippen LogP contribution in [0.15, 0.2) is 88.2 Å². The van der Waals surface area contributed by atoms with Gasteiger partial charge in [0.1, 0.15) is 0 Å². The fraction of sp³-hybridized carbons (Fsp3) is 0.250. The van der Waals surface area contributed by atoms with Crippen LogP contribution in [0.25, 0.3) is 5.70 Å². The number of allylic oxidation sites excluding steroid dienone is 1. The van der Waals surface area contributed by atoms with Crippen LogP contribution in [0.1, 0.15) is 25.0 Å². The molecule has 0 fully saturated rings. The number of likely N-dealkylation sites (N-methyl/N-ethyl adjacent to an activating group) is 1. The average molecular weight is 520 g/mol. The summed E-state index contributed by atoms with van der Waals surface area (Å²) in [4.78, 5) is 16.4. The second-order valence-electron chi connectivity index (χ2n) is 9.01. The largest absolute Gasteiger partial charge is 0.398 e. The number of nitrogens with two attached hydrogens (primary N) is 2. The summed E-state index contributed by atoms with van der Waals surface area (Å²) < 4.78 is 3.73. The monoisotopic (exact) mass is 519 g/mol. The van der Waals surface area contributed by atoms with Gasteiger partial charge in [-0.1, -0.05) is 53.7 Å². The highest BCUT2D eigenvalue weighted by molar-refractivity contribution is 8.00. The normalized spacial score (nSPS) is 15.3. The van der Waals surface area contributed by atoms with Crippen molar-refractivity contribution in [3.05, 3.63) is 89.5 Å². The molecule has 1 heterocycles. The highest BCUT2D eigenvalue weighted by Gasteiger charge is 2.33. The van der Waals surface area contributed by atoms with Gasteiger partial charge in [0.2, 0.25) is 5.91 Å². The van der Waals surface area contributed by atoms with Crippen LogP contribution < -0.4 is 26.4 Å². The number of hydrogen-bond acceptors (Lipinski definition) is 7. The van der Waals surface area contributed by atoms with E-state index >= 15 is 0 Å². The number of carbonyl (C=O) groups is 1. The first-order valence-electron chi connectivity index (χ1n) is 11.9. The van der Waals surface area contributed by atoms with Crippen LogP contribution in [-0.2, 0) is 11.2 Å². The number of thioether (sulfide) groups is 1. The molecule has 0 aromatic heterocycles. The Morgan fingerprint density at radius 1 is 1.08 bits per heavy atom. The number of rotatable bonds is 9. The summed E-state index contributed by atoms with van der Waals surface area (Å²) in [6, 6.07) is 24.9. The van der Waals surface area contributed by atoms with E-state index in [9.17, 15) is 4.79 Å². The number of fused-ring (bicyclic) bond motifs is 1. The third kappa shape index (κ3) is 6.25. The Kier molecular flexibility index (Phi) is 8.64. The Morgan fingerprint density at radius 2 is 1.86 bits per heavy atom. The van der Waals surface area contributed by atoms with Gasteiger partial charge in [0, 0.05) is 28.2 Å². The highest BCUT2D eigenvalue weighted by Crippen LogP contribution is 2.44. The van der Waals surface area contributed by atoms with Crippen molar-refractivity contribution in [1.29, 1.82) is 0 Å². The molecule has 2 unspecified atom stereocenters. The van der Waals surface area contributed by atoms with Gasteiger partial charge in [0.15, 0.2) is 0 Å². The lowest BCUT2D eigenvalue weighted by Gasteiger charge is -2.30. The molecule has 4 rings (SSSR count). The number of nitrogens with zero attached hydrogens (tertiary/aromatic N) is 1. The van der Waals surface area contributed by atoms with Gasteiger partial charge < -0.3 is 21.7 Å². The fourth-order valence-electron chi connectivity index (χ4n) is 4.15. The van der Waals surface area contributed by atoms with Crippen molar-refractivity contribution in [1.82, 2.24) is 4.72 Å². The van der Waals surface area contributed by atoms with E-state index < -0.39 is 0 Å². The molecule has 0 spiro atoms. The second kappa shape index (κ2) is 11.9. The molecule has 1 amide bonds. The van der Waals surface area contributed by atoms with E-state index in [1.54, 1.807) is 11.9 Å². The van der Waals surface area contributed by atoms with E-state index in [4.69, 9.17) is 11.5 Å². The molecule has 3 aromatic carbocycles. The molecule has 0 aliphatic carbocycles. The number of para-hydroxylation sites is 1.